The lowest BCUT2D eigenvalue weighted by atomic mass is 10.0. The molecule has 1 aliphatic heterocycles. The summed E-state index contributed by atoms with van der Waals surface area (Å²) in [5.41, 5.74) is 1.96. The van der Waals surface area contributed by atoms with Crippen LogP contribution in [-0.4, -0.2) is 34.3 Å². The summed E-state index contributed by atoms with van der Waals surface area (Å²) in [4.78, 5) is 12.7. The Morgan fingerprint density at radius 2 is 2.14 bits per heavy atom. The molecule has 2 N–H and O–H groups in total. The number of phenolic OH excluding ortho intramolecular Hbond substituents is 2. The van der Waals surface area contributed by atoms with Crippen molar-refractivity contribution in [2.24, 2.45) is 0 Å². The smallest absolute Gasteiger partial charge is 0.235 e. The molecule has 2 heterocycles. The van der Waals surface area contributed by atoms with Crippen molar-refractivity contribution in [1.82, 2.24) is 4.57 Å². The van der Waals surface area contributed by atoms with Crippen LogP contribution < -0.4 is 4.74 Å². The van der Waals surface area contributed by atoms with Crippen molar-refractivity contribution >= 4 is 22.8 Å². The lowest BCUT2D eigenvalue weighted by molar-refractivity contribution is 0.101. The van der Waals surface area contributed by atoms with E-state index in [-0.39, 0.29) is 28.6 Å². The number of nitriles is 1. The number of fused-ring (bicyclic) bond motifs is 2. The van der Waals surface area contributed by atoms with Gasteiger partial charge in [0.1, 0.15) is 22.8 Å². The van der Waals surface area contributed by atoms with Crippen LogP contribution in [0.3, 0.4) is 0 Å². The third kappa shape index (κ3) is 2.76. The zero-order chi connectivity index (χ0) is 19.8. The number of phenols is 2. The standard InChI is InChI=1S/C21H16N2O5/c1-27-6-5-23-11-13(19-12(10-22)3-2-4-15(19)23)7-18-21(26)20-16(25)8-14(24)9-17(20)28-18/h2-4,7-9,11,24-25H,5-6H2,1H3/b18-7+. The Morgan fingerprint density at radius 3 is 2.89 bits per heavy atom. The average molecular weight is 376 g/mol. The van der Waals surface area contributed by atoms with Gasteiger partial charge >= 0.3 is 0 Å². The second-order valence-electron chi connectivity index (χ2n) is 6.36. The van der Waals surface area contributed by atoms with Gasteiger partial charge in [-0.15, -0.1) is 0 Å². The van der Waals surface area contributed by atoms with E-state index in [1.807, 2.05) is 16.8 Å². The Balaban J connectivity index is 1.85. The van der Waals surface area contributed by atoms with Crippen LogP contribution in [0.5, 0.6) is 17.2 Å². The highest BCUT2D eigenvalue weighted by Gasteiger charge is 2.31. The zero-order valence-corrected chi connectivity index (χ0v) is 15.0. The first-order valence-electron chi connectivity index (χ1n) is 8.54. The molecule has 0 bridgehead atoms. The van der Waals surface area contributed by atoms with Gasteiger partial charge in [-0.05, 0) is 18.2 Å². The SMILES string of the molecule is COCCn1cc(/C=C2/Oc3cc(O)cc(O)c3C2=O)c2c(C#N)cccc21. The van der Waals surface area contributed by atoms with Gasteiger partial charge in [-0.1, -0.05) is 6.07 Å². The number of carbonyl (C=O) groups excluding carboxylic acids is 1. The molecule has 0 radical (unpaired) electrons. The minimum Gasteiger partial charge on any atom is -0.508 e. The second kappa shape index (κ2) is 6.76. The Kier molecular flexibility index (Phi) is 4.26. The van der Waals surface area contributed by atoms with Crippen LogP contribution in [0.1, 0.15) is 21.5 Å². The molecular formula is C21H16N2O5. The highest BCUT2D eigenvalue weighted by atomic mass is 16.5. The minimum absolute atomic E-state index is 0.00711. The number of allylic oxidation sites excluding steroid dienone is 1. The van der Waals surface area contributed by atoms with E-state index in [4.69, 9.17) is 9.47 Å². The number of ether oxygens (including phenoxy) is 2. The summed E-state index contributed by atoms with van der Waals surface area (Å²) in [7, 11) is 1.61. The van der Waals surface area contributed by atoms with Gasteiger partial charge in [0.15, 0.2) is 5.76 Å². The van der Waals surface area contributed by atoms with Crippen LogP contribution in [0, 0.1) is 11.3 Å². The number of methoxy groups -OCH3 is 1. The molecule has 140 valence electrons. The maximum atomic E-state index is 12.7. The quantitative estimate of drug-likeness (QED) is 0.678. The molecule has 4 rings (SSSR count). The Labute approximate surface area is 160 Å². The molecule has 7 heteroatoms. The van der Waals surface area contributed by atoms with E-state index in [1.54, 1.807) is 25.3 Å². The molecule has 7 nitrogen and oxygen atoms in total. The van der Waals surface area contributed by atoms with Crippen molar-refractivity contribution < 1.29 is 24.5 Å². The number of hydrogen-bond acceptors (Lipinski definition) is 6. The molecule has 0 saturated heterocycles. The van der Waals surface area contributed by atoms with Gasteiger partial charge in [0, 0.05) is 42.9 Å². The number of benzene rings is 2. The van der Waals surface area contributed by atoms with Crippen LogP contribution in [0.4, 0.5) is 0 Å². The Bertz CT molecular complexity index is 1180. The predicted molar refractivity (Wildman–Crippen MR) is 101 cm³/mol. The number of Topliss-reactive ketones (excluding diaryl/α,β-unsaturated/α-hetero) is 1. The Morgan fingerprint density at radius 1 is 1.32 bits per heavy atom. The molecule has 1 aromatic heterocycles. The summed E-state index contributed by atoms with van der Waals surface area (Å²) in [5.74, 6) is -0.927. The van der Waals surface area contributed by atoms with Gasteiger partial charge in [-0.25, -0.2) is 0 Å². The number of carbonyl (C=O) groups is 1. The number of rotatable bonds is 4. The van der Waals surface area contributed by atoms with Crippen molar-refractivity contribution in [2.75, 3.05) is 13.7 Å². The van der Waals surface area contributed by atoms with Gasteiger partial charge < -0.3 is 24.3 Å². The topological polar surface area (TPSA) is 105 Å². The third-order valence-electron chi connectivity index (χ3n) is 4.62. The molecule has 0 saturated carbocycles. The lowest BCUT2D eigenvalue weighted by Crippen LogP contribution is -2.02. The number of ketones is 1. The number of aromatic hydroxyl groups is 2. The highest BCUT2D eigenvalue weighted by Crippen LogP contribution is 2.41. The van der Waals surface area contributed by atoms with Gasteiger partial charge in [0.05, 0.1) is 23.8 Å². The van der Waals surface area contributed by atoms with Crippen molar-refractivity contribution in [3.63, 3.8) is 0 Å². The summed E-state index contributed by atoms with van der Waals surface area (Å²) >= 11 is 0. The Hall–Kier alpha value is -3.76. The molecule has 0 spiro atoms. The predicted octanol–water partition coefficient (Wildman–Crippen LogP) is 3.19. The number of nitrogens with zero attached hydrogens (tertiary/aromatic N) is 2. The van der Waals surface area contributed by atoms with Crippen LogP contribution in [0.25, 0.3) is 17.0 Å². The molecule has 2 aromatic carbocycles. The summed E-state index contributed by atoms with van der Waals surface area (Å²) < 4.78 is 12.7. The third-order valence-corrected chi connectivity index (χ3v) is 4.62. The molecule has 0 atom stereocenters. The zero-order valence-electron chi connectivity index (χ0n) is 15.0. The van der Waals surface area contributed by atoms with Crippen molar-refractivity contribution in [2.45, 2.75) is 6.54 Å². The van der Waals surface area contributed by atoms with E-state index in [1.165, 1.54) is 6.07 Å². The average Bonchev–Trinajstić information content (AvgIpc) is 3.18. The maximum Gasteiger partial charge on any atom is 0.235 e. The molecule has 28 heavy (non-hydrogen) atoms. The molecular weight excluding hydrogens is 360 g/mol. The van der Waals surface area contributed by atoms with Crippen LogP contribution in [-0.2, 0) is 11.3 Å². The van der Waals surface area contributed by atoms with Gasteiger partial charge in [-0.3, -0.25) is 4.79 Å². The first kappa shape index (κ1) is 17.6. The molecule has 0 fully saturated rings. The maximum absolute atomic E-state index is 12.7. The first-order valence-corrected chi connectivity index (χ1v) is 8.54. The molecule has 3 aromatic rings. The summed E-state index contributed by atoms with van der Waals surface area (Å²) in [5, 5.41) is 29.8. The fourth-order valence-corrected chi connectivity index (χ4v) is 3.38. The van der Waals surface area contributed by atoms with Crippen LogP contribution >= 0.6 is 0 Å². The number of hydrogen-bond donors (Lipinski definition) is 2. The first-order chi connectivity index (χ1) is 13.5. The van der Waals surface area contributed by atoms with Gasteiger partial charge in [0.25, 0.3) is 0 Å². The van der Waals surface area contributed by atoms with Crippen molar-refractivity contribution in [3.8, 4) is 23.3 Å². The molecule has 1 aliphatic rings. The van der Waals surface area contributed by atoms with E-state index in [0.717, 1.165) is 11.6 Å². The van der Waals surface area contributed by atoms with Crippen molar-refractivity contribution in [1.29, 1.82) is 5.26 Å². The largest absolute Gasteiger partial charge is 0.508 e. The molecule has 0 amide bonds. The molecule has 0 aliphatic carbocycles. The fraction of sp³-hybridized carbons (Fsp3) is 0.143. The van der Waals surface area contributed by atoms with Crippen molar-refractivity contribution in [3.05, 3.63) is 59.0 Å². The van der Waals surface area contributed by atoms with Gasteiger partial charge in [-0.2, -0.15) is 5.26 Å². The van der Waals surface area contributed by atoms with E-state index in [2.05, 4.69) is 6.07 Å². The fourth-order valence-electron chi connectivity index (χ4n) is 3.38. The van der Waals surface area contributed by atoms with E-state index in [9.17, 15) is 20.3 Å². The second-order valence-corrected chi connectivity index (χ2v) is 6.36. The normalized spacial score (nSPS) is 14.3. The van der Waals surface area contributed by atoms with Crippen LogP contribution in [0.15, 0.2) is 42.3 Å². The monoisotopic (exact) mass is 376 g/mol. The van der Waals surface area contributed by atoms with E-state index in [0.29, 0.717) is 29.7 Å². The van der Waals surface area contributed by atoms with Crippen LogP contribution in [0.2, 0.25) is 0 Å². The summed E-state index contributed by atoms with van der Waals surface area (Å²) in [6.45, 7) is 1.07. The summed E-state index contributed by atoms with van der Waals surface area (Å²) in [6.07, 6.45) is 3.37. The van der Waals surface area contributed by atoms with E-state index >= 15 is 0 Å². The minimum atomic E-state index is -0.486. The lowest BCUT2D eigenvalue weighted by Gasteiger charge is -2.03. The molecule has 0 unspecified atom stereocenters. The van der Waals surface area contributed by atoms with Gasteiger partial charge in [0.2, 0.25) is 5.78 Å². The summed E-state index contributed by atoms with van der Waals surface area (Å²) in [6, 6.07) is 9.94. The highest BCUT2D eigenvalue weighted by molar-refractivity contribution is 6.17. The van der Waals surface area contributed by atoms with E-state index < -0.39 is 5.78 Å². The number of aromatic nitrogens is 1.